The number of rotatable bonds is 7. The van der Waals surface area contributed by atoms with Gasteiger partial charge in [0.05, 0.1) is 0 Å². The van der Waals surface area contributed by atoms with E-state index in [1.807, 2.05) is 36.4 Å². The van der Waals surface area contributed by atoms with E-state index in [4.69, 9.17) is 9.47 Å². The predicted octanol–water partition coefficient (Wildman–Crippen LogP) is 5.00. The van der Waals surface area contributed by atoms with Gasteiger partial charge in [-0.25, -0.2) is 4.79 Å². The number of anilines is 1. The number of carbonyl (C=O) groups excluding carboxylic acids is 2. The first-order chi connectivity index (χ1) is 14.6. The highest BCUT2D eigenvalue weighted by Gasteiger charge is 2.23. The van der Waals surface area contributed by atoms with Gasteiger partial charge in [-0.1, -0.05) is 30.3 Å². The van der Waals surface area contributed by atoms with Crippen molar-refractivity contribution in [1.29, 1.82) is 0 Å². The average Bonchev–Trinajstić information content (AvgIpc) is 3.36. The summed E-state index contributed by atoms with van der Waals surface area (Å²) in [7, 11) is 0. The molecular formula is C24H23NO4S. The van der Waals surface area contributed by atoms with Crippen LogP contribution in [0.2, 0.25) is 0 Å². The molecule has 154 valence electrons. The number of fused-ring (bicyclic) bond motifs is 1. The van der Waals surface area contributed by atoms with E-state index in [2.05, 4.69) is 5.32 Å². The van der Waals surface area contributed by atoms with Gasteiger partial charge in [0.1, 0.15) is 17.2 Å². The molecule has 1 aliphatic carbocycles. The van der Waals surface area contributed by atoms with Gasteiger partial charge in [-0.3, -0.25) is 4.79 Å². The minimum atomic E-state index is -0.886. The van der Waals surface area contributed by atoms with Gasteiger partial charge in [-0.15, -0.1) is 11.3 Å². The molecule has 5 nitrogen and oxygen atoms in total. The second-order valence-corrected chi connectivity index (χ2v) is 8.38. The van der Waals surface area contributed by atoms with Crippen molar-refractivity contribution in [2.75, 3.05) is 5.32 Å². The van der Waals surface area contributed by atoms with E-state index in [9.17, 15) is 9.59 Å². The minimum Gasteiger partial charge on any atom is -0.489 e. The van der Waals surface area contributed by atoms with Crippen LogP contribution in [-0.4, -0.2) is 18.0 Å². The Bertz CT molecular complexity index is 1010. The van der Waals surface area contributed by atoms with Crippen LogP contribution in [0, 0.1) is 0 Å². The molecule has 1 heterocycles. The summed E-state index contributed by atoms with van der Waals surface area (Å²) < 4.78 is 11.1. The van der Waals surface area contributed by atoms with E-state index < -0.39 is 12.1 Å². The van der Waals surface area contributed by atoms with Crippen molar-refractivity contribution in [3.8, 4) is 5.75 Å². The number of amides is 1. The van der Waals surface area contributed by atoms with Gasteiger partial charge >= 0.3 is 5.97 Å². The normalized spacial score (nSPS) is 13.4. The summed E-state index contributed by atoms with van der Waals surface area (Å²) in [6.07, 6.45) is 2.29. The van der Waals surface area contributed by atoms with Gasteiger partial charge in [0, 0.05) is 10.6 Å². The van der Waals surface area contributed by atoms with Crippen LogP contribution >= 0.6 is 11.3 Å². The lowest BCUT2D eigenvalue weighted by atomic mass is 10.2. The van der Waals surface area contributed by atoms with Crippen LogP contribution in [0.3, 0.4) is 0 Å². The van der Waals surface area contributed by atoms with E-state index in [1.165, 1.54) is 21.8 Å². The standard InChI is InChI=1S/C24H23NO4S/c1-16(29-24(27)22-14-18-8-5-9-21(18)30-22)23(26)25-19-10-12-20(13-11-19)28-15-17-6-3-2-4-7-17/h2-4,6-7,10-14,16H,5,8-9,15H2,1H3,(H,25,26)/t16-/m0/s1. The second-order valence-electron chi connectivity index (χ2n) is 7.25. The van der Waals surface area contributed by atoms with Crippen molar-refractivity contribution in [3.05, 3.63) is 81.5 Å². The molecule has 0 saturated heterocycles. The summed E-state index contributed by atoms with van der Waals surface area (Å²) in [4.78, 5) is 26.6. The Morgan fingerprint density at radius 3 is 2.57 bits per heavy atom. The summed E-state index contributed by atoms with van der Waals surface area (Å²) in [5.41, 5.74) is 2.94. The van der Waals surface area contributed by atoms with Crippen molar-refractivity contribution in [3.63, 3.8) is 0 Å². The molecule has 2 aromatic carbocycles. The summed E-state index contributed by atoms with van der Waals surface area (Å²) in [6.45, 7) is 2.05. The molecule has 4 rings (SSSR count). The van der Waals surface area contributed by atoms with Crippen molar-refractivity contribution in [2.24, 2.45) is 0 Å². The SMILES string of the molecule is C[C@H](OC(=O)c1cc2c(s1)CCC2)C(=O)Nc1ccc(OCc2ccccc2)cc1. The summed E-state index contributed by atoms with van der Waals surface area (Å²) in [5.74, 6) is -0.103. The maximum absolute atomic E-state index is 12.4. The Labute approximate surface area is 179 Å². The number of thiophene rings is 1. The fraction of sp³-hybridized carbons (Fsp3) is 0.250. The lowest BCUT2D eigenvalue weighted by Crippen LogP contribution is -2.29. The molecule has 3 aromatic rings. The second kappa shape index (κ2) is 9.13. The highest BCUT2D eigenvalue weighted by atomic mass is 32.1. The fourth-order valence-electron chi connectivity index (χ4n) is 3.32. The maximum atomic E-state index is 12.4. The fourth-order valence-corrected chi connectivity index (χ4v) is 4.46. The number of benzene rings is 2. The third-order valence-corrected chi connectivity index (χ3v) is 6.19. The van der Waals surface area contributed by atoms with Gasteiger partial charge in [-0.2, -0.15) is 0 Å². The minimum absolute atomic E-state index is 0.370. The molecule has 1 N–H and O–H groups in total. The molecule has 1 atom stereocenters. The Morgan fingerprint density at radius 1 is 1.07 bits per heavy atom. The smallest absolute Gasteiger partial charge is 0.349 e. The summed E-state index contributed by atoms with van der Waals surface area (Å²) >= 11 is 1.47. The summed E-state index contributed by atoms with van der Waals surface area (Å²) in [6, 6.07) is 18.9. The van der Waals surface area contributed by atoms with Crippen LogP contribution in [-0.2, 0) is 29.0 Å². The zero-order valence-electron chi connectivity index (χ0n) is 16.7. The number of hydrogen-bond acceptors (Lipinski definition) is 5. The number of ether oxygens (including phenoxy) is 2. The Morgan fingerprint density at radius 2 is 1.83 bits per heavy atom. The molecule has 0 aliphatic heterocycles. The van der Waals surface area contributed by atoms with Gasteiger partial charge in [0.25, 0.3) is 5.91 Å². The first-order valence-electron chi connectivity index (χ1n) is 9.99. The lowest BCUT2D eigenvalue weighted by Gasteiger charge is -2.13. The van der Waals surface area contributed by atoms with Gasteiger partial charge in [-0.05, 0) is 67.6 Å². The molecule has 1 amide bonds. The lowest BCUT2D eigenvalue weighted by molar-refractivity contribution is -0.123. The summed E-state index contributed by atoms with van der Waals surface area (Å²) in [5, 5.41) is 2.77. The highest BCUT2D eigenvalue weighted by molar-refractivity contribution is 7.14. The van der Waals surface area contributed by atoms with Crippen molar-refractivity contribution in [1.82, 2.24) is 0 Å². The number of nitrogens with one attached hydrogen (secondary N) is 1. The van der Waals surface area contributed by atoms with Crippen LogP contribution in [0.5, 0.6) is 5.75 Å². The Kier molecular flexibility index (Phi) is 6.14. The molecule has 0 saturated carbocycles. The quantitative estimate of drug-likeness (QED) is 0.545. The predicted molar refractivity (Wildman–Crippen MR) is 117 cm³/mol. The monoisotopic (exact) mass is 421 g/mol. The maximum Gasteiger partial charge on any atom is 0.349 e. The Balaban J connectivity index is 1.27. The van der Waals surface area contributed by atoms with Crippen molar-refractivity contribution >= 4 is 28.9 Å². The van der Waals surface area contributed by atoms with E-state index in [-0.39, 0.29) is 5.91 Å². The van der Waals surface area contributed by atoms with Crippen LogP contribution in [0.15, 0.2) is 60.7 Å². The third-order valence-electron chi connectivity index (χ3n) is 4.97. The van der Waals surface area contributed by atoms with Crippen LogP contribution < -0.4 is 10.1 Å². The molecule has 30 heavy (non-hydrogen) atoms. The zero-order valence-corrected chi connectivity index (χ0v) is 17.5. The molecule has 0 bridgehead atoms. The van der Waals surface area contributed by atoms with Gasteiger partial charge in [0.15, 0.2) is 6.10 Å². The Hall–Kier alpha value is -3.12. The first kappa shape index (κ1) is 20.2. The van der Waals surface area contributed by atoms with Crippen molar-refractivity contribution in [2.45, 2.75) is 38.9 Å². The zero-order chi connectivity index (χ0) is 20.9. The van der Waals surface area contributed by atoms with E-state index in [0.29, 0.717) is 22.9 Å². The molecule has 1 aromatic heterocycles. The largest absolute Gasteiger partial charge is 0.489 e. The topological polar surface area (TPSA) is 64.6 Å². The van der Waals surface area contributed by atoms with Crippen LogP contribution in [0.25, 0.3) is 0 Å². The van der Waals surface area contributed by atoms with E-state index in [0.717, 1.165) is 24.8 Å². The molecular weight excluding hydrogens is 398 g/mol. The van der Waals surface area contributed by atoms with Crippen LogP contribution in [0.1, 0.15) is 39.0 Å². The van der Waals surface area contributed by atoms with Gasteiger partial charge < -0.3 is 14.8 Å². The number of hydrogen-bond donors (Lipinski definition) is 1. The molecule has 0 spiro atoms. The molecule has 0 unspecified atom stereocenters. The molecule has 0 fully saturated rings. The highest BCUT2D eigenvalue weighted by Crippen LogP contribution is 2.31. The average molecular weight is 422 g/mol. The number of carbonyl (C=O) groups is 2. The van der Waals surface area contributed by atoms with Gasteiger partial charge in [0.2, 0.25) is 0 Å². The van der Waals surface area contributed by atoms with Crippen molar-refractivity contribution < 1.29 is 19.1 Å². The number of aryl methyl sites for hydroxylation is 2. The molecule has 0 radical (unpaired) electrons. The van der Waals surface area contributed by atoms with E-state index in [1.54, 1.807) is 31.2 Å². The molecule has 1 aliphatic rings. The third kappa shape index (κ3) is 4.89. The van der Waals surface area contributed by atoms with Crippen LogP contribution in [0.4, 0.5) is 5.69 Å². The molecule has 6 heteroatoms. The van der Waals surface area contributed by atoms with E-state index >= 15 is 0 Å². The first-order valence-corrected chi connectivity index (χ1v) is 10.8. The number of esters is 1.